The van der Waals surface area contributed by atoms with Gasteiger partial charge in [-0.05, 0) is 18.8 Å². The minimum absolute atomic E-state index is 0.360. The molecule has 4 heteroatoms. The molecule has 4 nitrogen and oxygen atoms in total. The highest BCUT2D eigenvalue weighted by atomic mass is 16.5. The molecular weight excluding hydrogens is 218 g/mol. The monoisotopic (exact) mass is 243 g/mol. The molecule has 0 aromatic heterocycles. The fourth-order valence-electron chi connectivity index (χ4n) is 2.73. The van der Waals surface area contributed by atoms with Crippen LogP contribution in [0.1, 0.15) is 26.2 Å². The first-order valence-electron chi connectivity index (χ1n) is 6.85. The zero-order valence-corrected chi connectivity index (χ0v) is 10.8. The van der Waals surface area contributed by atoms with Crippen molar-refractivity contribution in [2.24, 2.45) is 5.92 Å². The normalized spacial score (nSPS) is 32.8. The second-order valence-electron chi connectivity index (χ2n) is 5.35. The Labute approximate surface area is 104 Å². The van der Waals surface area contributed by atoms with Gasteiger partial charge in [-0.2, -0.15) is 0 Å². The van der Waals surface area contributed by atoms with E-state index < -0.39 is 0 Å². The Hall–Kier alpha value is -0.160. The van der Waals surface area contributed by atoms with Crippen molar-refractivity contribution in [2.75, 3.05) is 39.5 Å². The topological polar surface area (TPSA) is 41.9 Å². The first-order chi connectivity index (χ1) is 8.25. The lowest BCUT2D eigenvalue weighted by Crippen LogP contribution is -2.42. The fraction of sp³-hybridized carbons (Fsp3) is 1.00. The van der Waals surface area contributed by atoms with Crippen LogP contribution in [0.15, 0.2) is 0 Å². The molecule has 1 aliphatic carbocycles. The Balaban J connectivity index is 1.61. The fourth-order valence-corrected chi connectivity index (χ4v) is 2.73. The summed E-state index contributed by atoms with van der Waals surface area (Å²) in [5, 5.41) is 9.94. The van der Waals surface area contributed by atoms with Crippen molar-refractivity contribution < 1.29 is 14.6 Å². The molecule has 2 fully saturated rings. The molecule has 0 aromatic carbocycles. The number of morpholine rings is 1. The molecule has 1 saturated carbocycles. The van der Waals surface area contributed by atoms with Gasteiger partial charge in [-0.1, -0.05) is 13.3 Å². The molecule has 1 N–H and O–H groups in total. The van der Waals surface area contributed by atoms with Crippen LogP contribution in [-0.2, 0) is 9.47 Å². The van der Waals surface area contributed by atoms with Crippen molar-refractivity contribution >= 4 is 0 Å². The number of β-amino-alcohol motifs (C(OH)–C–C–N with tert-alkyl or cyclic N) is 1. The van der Waals surface area contributed by atoms with Gasteiger partial charge in [-0.25, -0.2) is 0 Å². The standard InChI is InChI=1S/C13H25NO3/c1-11-3-2-4-13(11)17-10-12(15)9-14-5-7-16-8-6-14/h11-13,15H,2-10H2,1H3/t11-,12-,13-/m0/s1. The van der Waals surface area contributed by atoms with Gasteiger partial charge in [0, 0.05) is 19.6 Å². The lowest BCUT2D eigenvalue weighted by molar-refractivity contribution is -0.0435. The van der Waals surface area contributed by atoms with E-state index in [9.17, 15) is 5.11 Å². The van der Waals surface area contributed by atoms with Crippen molar-refractivity contribution in [3.8, 4) is 0 Å². The number of aliphatic hydroxyl groups excluding tert-OH is 1. The molecule has 100 valence electrons. The predicted octanol–water partition coefficient (Wildman–Crippen LogP) is 0.885. The molecule has 0 unspecified atom stereocenters. The van der Waals surface area contributed by atoms with Crippen molar-refractivity contribution in [3.05, 3.63) is 0 Å². The number of rotatable bonds is 5. The van der Waals surface area contributed by atoms with Crippen LogP contribution in [0.25, 0.3) is 0 Å². The Morgan fingerprint density at radius 1 is 1.35 bits per heavy atom. The second kappa shape index (κ2) is 6.69. The third-order valence-corrected chi connectivity index (χ3v) is 3.86. The molecule has 0 aromatic rings. The molecule has 0 spiro atoms. The van der Waals surface area contributed by atoms with E-state index in [1.807, 2.05) is 0 Å². The highest BCUT2D eigenvalue weighted by Crippen LogP contribution is 2.27. The SMILES string of the molecule is C[C@H]1CCC[C@@H]1OC[C@@H](O)CN1CCOCC1. The molecule has 1 aliphatic heterocycles. The molecule has 17 heavy (non-hydrogen) atoms. The van der Waals surface area contributed by atoms with E-state index in [4.69, 9.17) is 9.47 Å². The summed E-state index contributed by atoms with van der Waals surface area (Å²) < 4.78 is 11.1. The number of nitrogens with zero attached hydrogens (tertiary/aromatic N) is 1. The number of aliphatic hydroxyl groups is 1. The third kappa shape index (κ3) is 4.21. The Kier molecular flexibility index (Phi) is 5.22. The lowest BCUT2D eigenvalue weighted by atomic mass is 10.1. The van der Waals surface area contributed by atoms with E-state index in [0.717, 1.165) is 32.7 Å². The zero-order chi connectivity index (χ0) is 12.1. The van der Waals surface area contributed by atoms with Crippen molar-refractivity contribution in [3.63, 3.8) is 0 Å². The molecule has 1 saturated heterocycles. The molecule has 1 heterocycles. The minimum Gasteiger partial charge on any atom is -0.389 e. The number of hydrogen-bond donors (Lipinski definition) is 1. The average molecular weight is 243 g/mol. The van der Waals surface area contributed by atoms with E-state index in [-0.39, 0.29) is 6.10 Å². The van der Waals surface area contributed by atoms with E-state index >= 15 is 0 Å². The van der Waals surface area contributed by atoms with E-state index in [1.165, 1.54) is 12.8 Å². The summed E-state index contributed by atoms with van der Waals surface area (Å²) in [6.45, 7) is 6.86. The Bertz CT molecular complexity index is 219. The van der Waals surface area contributed by atoms with Gasteiger partial charge >= 0.3 is 0 Å². The van der Waals surface area contributed by atoms with Crippen molar-refractivity contribution in [1.82, 2.24) is 4.90 Å². The van der Waals surface area contributed by atoms with Gasteiger partial charge in [0.2, 0.25) is 0 Å². The van der Waals surface area contributed by atoms with Gasteiger partial charge in [0.15, 0.2) is 0 Å². The van der Waals surface area contributed by atoms with Crippen molar-refractivity contribution in [2.45, 2.75) is 38.4 Å². The highest BCUT2D eigenvalue weighted by molar-refractivity contribution is 4.75. The summed E-state index contributed by atoms with van der Waals surface area (Å²) in [4.78, 5) is 2.25. The van der Waals surface area contributed by atoms with Crippen LogP contribution in [0.2, 0.25) is 0 Å². The number of hydrogen-bond acceptors (Lipinski definition) is 4. The van der Waals surface area contributed by atoms with Gasteiger partial charge in [-0.15, -0.1) is 0 Å². The summed E-state index contributed by atoms with van der Waals surface area (Å²) in [5.41, 5.74) is 0. The Morgan fingerprint density at radius 3 is 2.76 bits per heavy atom. The highest BCUT2D eigenvalue weighted by Gasteiger charge is 2.25. The van der Waals surface area contributed by atoms with E-state index in [2.05, 4.69) is 11.8 Å². The largest absolute Gasteiger partial charge is 0.389 e. The molecule has 2 aliphatic rings. The van der Waals surface area contributed by atoms with Crippen molar-refractivity contribution in [1.29, 1.82) is 0 Å². The second-order valence-corrected chi connectivity index (χ2v) is 5.35. The van der Waals surface area contributed by atoms with Gasteiger partial charge in [0.25, 0.3) is 0 Å². The van der Waals surface area contributed by atoms with Gasteiger partial charge in [-0.3, -0.25) is 4.90 Å². The Morgan fingerprint density at radius 2 is 2.12 bits per heavy atom. The van der Waals surface area contributed by atoms with E-state index in [1.54, 1.807) is 0 Å². The minimum atomic E-state index is -0.360. The third-order valence-electron chi connectivity index (χ3n) is 3.86. The molecule has 2 rings (SSSR count). The summed E-state index contributed by atoms with van der Waals surface area (Å²) in [5.74, 6) is 0.658. The maximum absolute atomic E-state index is 9.94. The van der Waals surface area contributed by atoms with Crippen LogP contribution in [0.5, 0.6) is 0 Å². The quantitative estimate of drug-likeness (QED) is 0.778. The summed E-state index contributed by atoms with van der Waals surface area (Å²) in [6, 6.07) is 0. The van der Waals surface area contributed by atoms with Gasteiger partial charge in [0.05, 0.1) is 32.0 Å². The summed E-state index contributed by atoms with van der Waals surface area (Å²) in [6.07, 6.45) is 3.70. The zero-order valence-electron chi connectivity index (χ0n) is 10.8. The maximum Gasteiger partial charge on any atom is 0.0900 e. The lowest BCUT2D eigenvalue weighted by Gasteiger charge is -2.29. The van der Waals surface area contributed by atoms with Gasteiger partial charge < -0.3 is 14.6 Å². The van der Waals surface area contributed by atoms with Crippen LogP contribution in [-0.4, -0.2) is 61.7 Å². The number of ether oxygens (including phenoxy) is 2. The maximum atomic E-state index is 9.94. The van der Waals surface area contributed by atoms with Crippen LogP contribution >= 0.6 is 0 Å². The molecular formula is C13H25NO3. The van der Waals surface area contributed by atoms with Crippen LogP contribution in [0.4, 0.5) is 0 Å². The van der Waals surface area contributed by atoms with Crippen LogP contribution < -0.4 is 0 Å². The smallest absolute Gasteiger partial charge is 0.0900 e. The van der Waals surface area contributed by atoms with Gasteiger partial charge in [0.1, 0.15) is 0 Å². The van der Waals surface area contributed by atoms with E-state index in [0.29, 0.717) is 25.2 Å². The van der Waals surface area contributed by atoms with Crippen LogP contribution in [0.3, 0.4) is 0 Å². The molecule has 0 amide bonds. The molecule has 0 bridgehead atoms. The first-order valence-corrected chi connectivity index (χ1v) is 6.85. The average Bonchev–Trinajstić information content (AvgIpc) is 2.74. The first kappa shape index (κ1) is 13.3. The van der Waals surface area contributed by atoms with Crippen LogP contribution in [0, 0.1) is 5.92 Å². The summed E-state index contributed by atoms with van der Waals surface area (Å²) in [7, 11) is 0. The molecule has 0 radical (unpaired) electrons. The summed E-state index contributed by atoms with van der Waals surface area (Å²) >= 11 is 0. The predicted molar refractivity (Wildman–Crippen MR) is 66.0 cm³/mol. The molecule has 3 atom stereocenters.